The van der Waals surface area contributed by atoms with Crippen LogP contribution in [0.4, 0.5) is 0 Å². The fourth-order valence-corrected chi connectivity index (χ4v) is 2.64. The number of aryl methyl sites for hydroxylation is 1. The van der Waals surface area contributed by atoms with E-state index >= 15 is 0 Å². The Kier molecular flexibility index (Phi) is 4.23. The number of fused-ring (bicyclic) bond motifs is 1. The lowest BCUT2D eigenvalue weighted by molar-refractivity contribution is 0.0740. The molecule has 1 aromatic heterocycles. The Balaban J connectivity index is 1.70. The minimum absolute atomic E-state index is 0.0984. The topological polar surface area (TPSA) is 73.1 Å². The minimum atomic E-state index is -0.244. The number of amides is 1. The van der Waals surface area contributed by atoms with E-state index in [1.807, 2.05) is 26.0 Å². The standard InChI is InChI=1S/C17H20N2O4/c1-4-11-7-13(23-19-11)9-18-17(20)16-10(2)14-6-5-12(21-3)8-15(14)22-16/h5-6,8,13H,4,7,9H2,1-3H3,(H,18,20)/t13-/m1/s1. The first-order chi connectivity index (χ1) is 11.1. The zero-order chi connectivity index (χ0) is 16.4. The van der Waals surface area contributed by atoms with Crippen molar-refractivity contribution in [1.82, 2.24) is 5.32 Å². The number of carbonyl (C=O) groups is 1. The molecule has 6 nitrogen and oxygen atoms in total. The number of carbonyl (C=O) groups excluding carboxylic acids is 1. The van der Waals surface area contributed by atoms with Gasteiger partial charge in [-0.05, 0) is 25.5 Å². The Labute approximate surface area is 134 Å². The number of nitrogens with one attached hydrogen (secondary N) is 1. The van der Waals surface area contributed by atoms with Crippen LogP contribution in [0, 0.1) is 6.92 Å². The highest BCUT2D eigenvalue weighted by atomic mass is 16.6. The summed E-state index contributed by atoms with van der Waals surface area (Å²) in [6, 6.07) is 5.52. The number of furan rings is 1. The van der Waals surface area contributed by atoms with Crippen LogP contribution in [0.5, 0.6) is 5.75 Å². The van der Waals surface area contributed by atoms with Gasteiger partial charge in [-0.3, -0.25) is 4.79 Å². The van der Waals surface area contributed by atoms with E-state index in [9.17, 15) is 4.79 Å². The molecule has 23 heavy (non-hydrogen) atoms. The fourth-order valence-electron chi connectivity index (χ4n) is 2.64. The lowest BCUT2D eigenvalue weighted by Gasteiger charge is -2.09. The van der Waals surface area contributed by atoms with Gasteiger partial charge in [0.2, 0.25) is 0 Å². The van der Waals surface area contributed by atoms with Crippen molar-refractivity contribution in [2.75, 3.05) is 13.7 Å². The number of oxime groups is 1. The summed E-state index contributed by atoms with van der Waals surface area (Å²) in [5.74, 6) is 0.774. The minimum Gasteiger partial charge on any atom is -0.497 e. The number of hydrogen-bond donors (Lipinski definition) is 1. The maximum absolute atomic E-state index is 12.4. The average Bonchev–Trinajstić information content (AvgIpc) is 3.17. The Morgan fingerprint density at radius 2 is 2.30 bits per heavy atom. The molecule has 1 aromatic carbocycles. The second-order valence-electron chi connectivity index (χ2n) is 5.57. The van der Waals surface area contributed by atoms with E-state index in [0.29, 0.717) is 23.6 Å². The van der Waals surface area contributed by atoms with Crippen LogP contribution >= 0.6 is 0 Å². The summed E-state index contributed by atoms with van der Waals surface area (Å²) in [5.41, 5.74) is 2.48. The van der Waals surface area contributed by atoms with E-state index in [2.05, 4.69) is 10.5 Å². The van der Waals surface area contributed by atoms with Gasteiger partial charge in [-0.15, -0.1) is 0 Å². The zero-order valence-electron chi connectivity index (χ0n) is 13.5. The number of methoxy groups -OCH3 is 1. The van der Waals surface area contributed by atoms with Gasteiger partial charge in [0.1, 0.15) is 17.4 Å². The monoisotopic (exact) mass is 316 g/mol. The second-order valence-corrected chi connectivity index (χ2v) is 5.57. The van der Waals surface area contributed by atoms with Crippen molar-refractivity contribution in [3.63, 3.8) is 0 Å². The summed E-state index contributed by atoms with van der Waals surface area (Å²) in [6.45, 7) is 4.32. The predicted octanol–water partition coefficient (Wildman–Crippen LogP) is 3.03. The van der Waals surface area contributed by atoms with E-state index in [4.69, 9.17) is 14.0 Å². The van der Waals surface area contributed by atoms with Crippen LogP contribution in [-0.4, -0.2) is 31.4 Å². The molecule has 0 unspecified atom stereocenters. The molecule has 0 saturated carbocycles. The molecule has 1 aliphatic heterocycles. The quantitative estimate of drug-likeness (QED) is 0.920. The van der Waals surface area contributed by atoms with Crippen molar-refractivity contribution in [3.05, 3.63) is 29.5 Å². The summed E-state index contributed by atoms with van der Waals surface area (Å²) < 4.78 is 10.9. The van der Waals surface area contributed by atoms with Crippen LogP contribution in [0.1, 0.15) is 35.9 Å². The normalized spacial score (nSPS) is 17.0. The molecule has 0 bridgehead atoms. The predicted molar refractivity (Wildman–Crippen MR) is 87.1 cm³/mol. The van der Waals surface area contributed by atoms with Crippen LogP contribution < -0.4 is 10.1 Å². The van der Waals surface area contributed by atoms with Crippen molar-refractivity contribution in [2.24, 2.45) is 5.16 Å². The number of nitrogens with zero attached hydrogens (tertiary/aromatic N) is 1. The third kappa shape index (κ3) is 3.02. The average molecular weight is 316 g/mol. The van der Waals surface area contributed by atoms with Gasteiger partial charge in [-0.2, -0.15) is 0 Å². The Hall–Kier alpha value is -2.50. The molecule has 3 rings (SSSR count). The van der Waals surface area contributed by atoms with Gasteiger partial charge < -0.3 is 19.3 Å². The molecule has 2 heterocycles. The molecule has 1 atom stereocenters. The van der Waals surface area contributed by atoms with Crippen molar-refractivity contribution in [2.45, 2.75) is 32.8 Å². The highest BCUT2D eigenvalue weighted by Crippen LogP contribution is 2.28. The summed E-state index contributed by atoms with van der Waals surface area (Å²) in [5, 5.41) is 7.75. The largest absolute Gasteiger partial charge is 0.497 e. The molecule has 0 spiro atoms. The highest BCUT2D eigenvalue weighted by Gasteiger charge is 2.23. The molecule has 122 valence electrons. The summed E-state index contributed by atoms with van der Waals surface area (Å²) in [7, 11) is 1.60. The van der Waals surface area contributed by atoms with Gasteiger partial charge in [-0.25, -0.2) is 0 Å². The van der Waals surface area contributed by atoms with Crippen LogP contribution in [0.15, 0.2) is 27.8 Å². The molecule has 1 aliphatic rings. The first-order valence-electron chi connectivity index (χ1n) is 7.69. The third-order valence-electron chi connectivity index (χ3n) is 4.04. The van der Waals surface area contributed by atoms with Gasteiger partial charge in [0, 0.05) is 23.4 Å². The van der Waals surface area contributed by atoms with Crippen molar-refractivity contribution < 1.29 is 18.8 Å². The van der Waals surface area contributed by atoms with Crippen LogP contribution in [-0.2, 0) is 4.84 Å². The van der Waals surface area contributed by atoms with Crippen LogP contribution in [0.25, 0.3) is 11.0 Å². The summed E-state index contributed by atoms with van der Waals surface area (Å²) in [4.78, 5) is 17.7. The maximum Gasteiger partial charge on any atom is 0.287 e. The Morgan fingerprint density at radius 3 is 3.00 bits per heavy atom. The molecule has 0 aliphatic carbocycles. The Bertz CT molecular complexity index is 763. The Morgan fingerprint density at radius 1 is 1.48 bits per heavy atom. The first-order valence-corrected chi connectivity index (χ1v) is 7.69. The number of benzene rings is 1. The fraction of sp³-hybridized carbons (Fsp3) is 0.412. The summed E-state index contributed by atoms with van der Waals surface area (Å²) in [6.07, 6.45) is 1.53. The van der Waals surface area contributed by atoms with Gasteiger partial charge in [0.15, 0.2) is 5.76 Å². The molecule has 2 aromatic rings. The van der Waals surface area contributed by atoms with E-state index in [0.717, 1.165) is 29.5 Å². The van der Waals surface area contributed by atoms with Gasteiger partial charge >= 0.3 is 0 Å². The van der Waals surface area contributed by atoms with Gasteiger partial charge in [-0.1, -0.05) is 12.1 Å². The molecular weight excluding hydrogens is 296 g/mol. The summed E-state index contributed by atoms with van der Waals surface area (Å²) >= 11 is 0. The van der Waals surface area contributed by atoms with E-state index in [1.54, 1.807) is 13.2 Å². The highest BCUT2D eigenvalue weighted by molar-refractivity contribution is 5.99. The maximum atomic E-state index is 12.4. The van der Waals surface area contributed by atoms with Crippen LogP contribution in [0.2, 0.25) is 0 Å². The van der Waals surface area contributed by atoms with Crippen molar-refractivity contribution in [1.29, 1.82) is 0 Å². The molecule has 6 heteroatoms. The SMILES string of the molecule is CCC1=NO[C@@H](CNC(=O)c2oc3cc(OC)ccc3c2C)C1. The third-order valence-corrected chi connectivity index (χ3v) is 4.04. The smallest absolute Gasteiger partial charge is 0.287 e. The zero-order valence-corrected chi connectivity index (χ0v) is 13.5. The lowest BCUT2D eigenvalue weighted by Crippen LogP contribution is -2.32. The van der Waals surface area contributed by atoms with E-state index in [-0.39, 0.29) is 12.0 Å². The van der Waals surface area contributed by atoms with Crippen LogP contribution in [0.3, 0.4) is 0 Å². The first kappa shape index (κ1) is 15.4. The lowest BCUT2D eigenvalue weighted by atomic mass is 10.1. The number of ether oxygens (including phenoxy) is 1. The van der Waals surface area contributed by atoms with Crippen molar-refractivity contribution >= 4 is 22.6 Å². The molecule has 1 N–H and O–H groups in total. The van der Waals surface area contributed by atoms with E-state index < -0.39 is 0 Å². The van der Waals surface area contributed by atoms with Gasteiger partial charge in [0.25, 0.3) is 5.91 Å². The molecular formula is C17H20N2O4. The second kappa shape index (κ2) is 6.32. The molecule has 0 radical (unpaired) electrons. The molecule has 1 amide bonds. The van der Waals surface area contributed by atoms with Gasteiger partial charge in [0.05, 0.1) is 19.4 Å². The number of hydrogen-bond acceptors (Lipinski definition) is 5. The number of rotatable bonds is 5. The van der Waals surface area contributed by atoms with Crippen molar-refractivity contribution in [3.8, 4) is 5.75 Å². The molecule has 0 fully saturated rings. The van der Waals surface area contributed by atoms with E-state index in [1.165, 1.54) is 0 Å². The molecule has 0 saturated heterocycles.